The van der Waals surface area contributed by atoms with Gasteiger partial charge in [-0.2, -0.15) is 4.99 Å². The topological polar surface area (TPSA) is 71.3 Å². The predicted molar refractivity (Wildman–Crippen MR) is 117 cm³/mol. The van der Waals surface area contributed by atoms with Crippen LogP contribution in [0.15, 0.2) is 35.3 Å². The van der Waals surface area contributed by atoms with Gasteiger partial charge in [-0.25, -0.2) is 0 Å². The molecule has 0 atom stereocenters. The summed E-state index contributed by atoms with van der Waals surface area (Å²) in [6.07, 6.45) is 0. The first kappa shape index (κ1) is 21.7. The van der Waals surface area contributed by atoms with Gasteiger partial charge in [0.25, 0.3) is 5.91 Å². The lowest BCUT2D eigenvalue weighted by molar-refractivity contribution is 0.0997. The average molecular weight is 431 g/mol. The van der Waals surface area contributed by atoms with Crippen molar-refractivity contribution in [1.82, 2.24) is 4.57 Å². The van der Waals surface area contributed by atoms with E-state index in [1.807, 2.05) is 50.6 Å². The number of nitrogens with zero attached hydrogens (tertiary/aromatic N) is 2. The summed E-state index contributed by atoms with van der Waals surface area (Å²) >= 11 is 1.42. The molecule has 1 aromatic heterocycles. The summed E-state index contributed by atoms with van der Waals surface area (Å²) in [4.78, 5) is 17.9. The first-order chi connectivity index (χ1) is 14.5. The van der Waals surface area contributed by atoms with Crippen LogP contribution < -0.4 is 23.7 Å². The lowest BCUT2D eigenvalue weighted by Crippen LogP contribution is -2.13. The van der Waals surface area contributed by atoms with E-state index in [4.69, 9.17) is 18.9 Å². The number of thiazole rings is 1. The molecule has 0 bridgehead atoms. The molecule has 0 spiro atoms. The molecule has 0 saturated carbocycles. The molecule has 3 aromatic rings. The molecule has 2 aromatic carbocycles. The number of hydrogen-bond donors (Lipinski definition) is 0. The van der Waals surface area contributed by atoms with E-state index >= 15 is 0 Å². The molecule has 7 nitrogen and oxygen atoms in total. The molecule has 160 valence electrons. The molecular formula is C22H26N2O5S. The summed E-state index contributed by atoms with van der Waals surface area (Å²) in [6.45, 7) is 6.97. The molecule has 0 aliphatic heterocycles. The highest BCUT2D eigenvalue weighted by Gasteiger charge is 2.18. The standard InChI is InChI=1S/C22H26N2O5S/c1-6-27-17-11-14(12-18(28-7-2)20(17)29-8-3)21(25)23-22-24(4)16-10-9-15(26-5)13-19(16)30-22/h9-13H,6-8H2,1-5H3. The van der Waals surface area contributed by atoms with Crippen LogP contribution in [0.3, 0.4) is 0 Å². The van der Waals surface area contributed by atoms with Gasteiger partial charge in [-0.3, -0.25) is 4.79 Å². The first-order valence-electron chi connectivity index (χ1n) is 9.81. The van der Waals surface area contributed by atoms with Gasteiger partial charge in [0, 0.05) is 12.6 Å². The van der Waals surface area contributed by atoms with Crippen LogP contribution in [-0.4, -0.2) is 37.4 Å². The van der Waals surface area contributed by atoms with Crippen molar-refractivity contribution < 1.29 is 23.7 Å². The third-order valence-electron chi connectivity index (χ3n) is 4.37. The highest BCUT2D eigenvalue weighted by atomic mass is 32.1. The summed E-state index contributed by atoms with van der Waals surface area (Å²) in [7, 11) is 3.51. The van der Waals surface area contributed by atoms with Crippen LogP contribution >= 0.6 is 11.3 Å². The maximum atomic E-state index is 13.0. The van der Waals surface area contributed by atoms with Crippen molar-refractivity contribution in [3.05, 3.63) is 40.7 Å². The third-order valence-corrected chi connectivity index (χ3v) is 5.46. The number of carbonyl (C=O) groups excluding carboxylic acids is 1. The molecule has 8 heteroatoms. The highest BCUT2D eigenvalue weighted by molar-refractivity contribution is 7.16. The maximum absolute atomic E-state index is 13.0. The summed E-state index contributed by atoms with van der Waals surface area (Å²) in [5.74, 6) is 1.81. The van der Waals surface area contributed by atoms with E-state index in [0.29, 0.717) is 47.4 Å². The second kappa shape index (κ2) is 9.67. The maximum Gasteiger partial charge on any atom is 0.279 e. The Kier molecular flexibility index (Phi) is 6.99. The summed E-state index contributed by atoms with van der Waals surface area (Å²) in [5.41, 5.74) is 1.35. The molecule has 0 aliphatic rings. The van der Waals surface area contributed by atoms with E-state index in [9.17, 15) is 4.79 Å². The first-order valence-corrected chi connectivity index (χ1v) is 10.6. The molecule has 0 saturated heterocycles. The van der Waals surface area contributed by atoms with Crippen LogP contribution in [0.5, 0.6) is 23.0 Å². The molecule has 1 heterocycles. The quantitative estimate of drug-likeness (QED) is 0.536. The van der Waals surface area contributed by atoms with Crippen molar-refractivity contribution in [2.24, 2.45) is 12.0 Å². The molecule has 0 unspecified atom stereocenters. The van der Waals surface area contributed by atoms with Gasteiger partial charge in [0.1, 0.15) is 5.75 Å². The van der Waals surface area contributed by atoms with Gasteiger partial charge in [0.15, 0.2) is 16.3 Å². The second-order valence-electron chi connectivity index (χ2n) is 6.29. The van der Waals surface area contributed by atoms with E-state index in [1.54, 1.807) is 19.2 Å². The molecule has 0 aliphatic carbocycles. The Balaban J connectivity index is 2.08. The van der Waals surface area contributed by atoms with E-state index < -0.39 is 0 Å². The number of aromatic nitrogens is 1. The van der Waals surface area contributed by atoms with Crippen molar-refractivity contribution >= 4 is 27.5 Å². The Morgan fingerprint density at radius 1 is 1.00 bits per heavy atom. The minimum absolute atomic E-state index is 0.375. The summed E-state index contributed by atoms with van der Waals surface area (Å²) < 4.78 is 25.3. The van der Waals surface area contributed by atoms with E-state index in [1.165, 1.54) is 11.3 Å². The number of aryl methyl sites for hydroxylation is 1. The van der Waals surface area contributed by atoms with Crippen molar-refractivity contribution in [1.29, 1.82) is 0 Å². The fourth-order valence-corrected chi connectivity index (χ4v) is 4.06. The zero-order chi connectivity index (χ0) is 21.7. The second-order valence-corrected chi connectivity index (χ2v) is 7.30. The van der Waals surface area contributed by atoms with Crippen LogP contribution in [0.2, 0.25) is 0 Å². The number of methoxy groups -OCH3 is 1. The van der Waals surface area contributed by atoms with Crippen molar-refractivity contribution in [3.63, 3.8) is 0 Å². The molecule has 1 amide bonds. The monoisotopic (exact) mass is 430 g/mol. The zero-order valence-corrected chi connectivity index (χ0v) is 18.7. The van der Waals surface area contributed by atoms with E-state index in [0.717, 1.165) is 16.0 Å². The van der Waals surface area contributed by atoms with Crippen molar-refractivity contribution in [2.45, 2.75) is 20.8 Å². The van der Waals surface area contributed by atoms with Gasteiger partial charge in [-0.15, -0.1) is 0 Å². The smallest absolute Gasteiger partial charge is 0.279 e. The van der Waals surface area contributed by atoms with Crippen LogP contribution in [0.4, 0.5) is 0 Å². The minimum atomic E-state index is -0.380. The van der Waals surface area contributed by atoms with Gasteiger partial charge in [0.05, 0.1) is 37.1 Å². The van der Waals surface area contributed by atoms with Gasteiger partial charge >= 0.3 is 0 Å². The van der Waals surface area contributed by atoms with Gasteiger partial charge in [-0.05, 0) is 51.1 Å². The number of rotatable bonds is 8. The lowest BCUT2D eigenvalue weighted by Gasteiger charge is -2.16. The predicted octanol–water partition coefficient (Wildman–Crippen LogP) is 4.19. The fraction of sp³-hybridized carbons (Fsp3) is 0.364. The Bertz CT molecular complexity index is 1090. The normalized spacial score (nSPS) is 11.6. The number of fused-ring (bicyclic) bond motifs is 1. The number of hydrogen-bond acceptors (Lipinski definition) is 6. The van der Waals surface area contributed by atoms with Crippen molar-refractivity contribution in [3.8, 4) is 23.0 Å². The van der Waals surface area contributed by atoms with Gasteiger partial charge in [-0.1, -0.05) is 11.3 Å². The number of amides is 1. The molecule has 0 fully saturated rings. The van der Waals surface area contributed by atoms with E-state index in [-0.39, 0.29) is 5.91 Å². The lowest BCUT2D eigenvalue weighted by atomic mass is 10.1. The van der Waals surface area contributed by atoms with E-state index in [2.05, 4.69) is 4.99 Å². The third kappa shape index (κ3) is 4.43. The molecular weight excluding hydrogens is 404 g/mol. The van der Waals surface area contributed by atoms with Crippen LogP contribution in [-0.2, 0) is 7.05 Å². The Morgan fingerprint density at radius 3 is 2.20 bits per heavy atom. The summed E-state index contributed by atoms with van der Waals surface area (Å²) in [5, 5.41) is 0. The average Bonchev–Trinajstić information content (AvgIpc) is 3.05. The number of carbonyl (C=O) groups is 1. The van der Waals surface area contributed by atoms with Gasteiger partial charge < -0.3 is 23.5 Å². The summed E-state index contributed by atoms with van der Waals surface area (Å²) in [6, 6.07) is 9.07. The molecule has 3 rings (SSSR count). The Morgan fingerprint density at radius 2 is 1.63 bits per heavy atom. The zero-order valence-electron chi connectivity index (χ0n) is 17.9. The largest absolute Gasteiger partial charge is 0.497 e. The Hall–Kier alpha value is -3.00. The van der Waals surface area contributed by atoms with Crippen molar-refractivity contribution in [2.75, 3.05) is 26.9 Å². The molecule has 0 radical (unpaired) electrons. The Labute approximate surface area is 179 Å². The number of benzene rings is 2. The SMILES string of the molecule is CCOc1cc(C(=O)N=c2sc3cc(OC)ccc3n2C)cc(OCC)c1OCC. The highest BCUT2D eigenvalue weighted by Crippen LogP contribution is 2.39. The molecule has 30 heavy (non-hydrogen) atoms. The molecule has 0 N–H and O–H groups in total. The van der Waals surface area contributed by atoms with Gasteiger partial charge in [0.2, 0.25) is 5.75 Å². The van der Waals surface area contributed by atoms with Crippen LogP contribution in [0.1, 0.15) is 31.1 Å². The fourth-order valence-electron chi connectivity index (χ4n) is 3.01. The van der Waals surface area contributed by atoms with Crippen LogP contribution in [0, 0.1) is 0 Å². The minimum Gasteiger partial charge on any atom is -0.497 e. The number of ether oxygens (including phenoxy) is 4. The van der Waals surface area contributed by atoms with Crippen LogP contribution in [0.25, 0.3) is 10.2 Å².